The molecule has 5 nitrogen and oxygen atoms in total. The van der Waals surface area contributed by atoms with Crippen molar-refractivity contribution in [2.45, 2.75) is 26.3 Å². The third-order valence-corrected chi connectivity index (χ3v) is 1.77. The van der Waals surface area contributed by atoms with Crippen LogP contribution in [0.5, 0.6) is 0 Å². The maximum atomic E-state index is 11.4. The molecule has 0 heterocycles. The smallest absolute Gasteiger partial charge is 0.305 e. The van der Waals surface area contributed by atoms with Crippen LogP contribution >= 0.6 is 0 Å². The minimum Gasteiger partial charge on any atom is -0.481 e. The Hall–Kier alpha value is -1.04. The van der Waals surface area contributed by atoms with Crippen LogP contribution in [0.2, 0.25) is 0 Å². The number of amides is 1. The van der Waals surface area contributed by atoms with E-state index in [1.165, 1.54) is 0 Å². The Morgan fingerprint density at radius 2 is 2.00 bits per heavy atom. The van der Waals surface area contributed by atoms with Crippen molar-refractivity contribution in [2.75, 3.05) is 6.54 Å². The van der Waals surface area contributed by atoms with Crippen molar-refractivity contribution < 1.29 is 14.7 Å². The molecule has 78 valence electrons. The van der Waals surface area contributed by atoms with Gasteiger partial charge in [0.15, 0.2) is 7.98 Å². The monoisotopic (exact) mass is 198 g/mol. The fourth-order valence-electron chi connectivity index (χ4n) is 0.973. The van der Waals surface area contributed by atoms with E-state index >= 15 is 0 Å². The number of nitrogens with one attached hydrogen (secondary N) is 2. The molecule has 3 N–H and O–H groups in total. The van der Waals surface area contributed by atoms with Crippen molar-refractivity contribution in [1.29, 1.82) is 0 Å². The number of aliphatic carboxylic acids is 1. The van der Waals surface area contributed by atoms with E-state index in [0.29, 0.717) is 0 Å². The molecular weight excluding hydrogens is 183 g/mol. The van der Waals surface area contributed by atoms with Crippen molar-refractivity contribution in [2.24, 2.45) is 5.92 Å². The SMILES string of the molecule is [B]N[C@H](C(=O)NCCC(=O)O)C(C)C. The van der Waals surface area contributed by atoms with Gasteiger partial charge in [0.05, 0.1) is 12.5 Å². The molecule has 0 saturated heterocycles. The van der Waals surface area contributed by atoms with E-state index in [1.54, 1.807) is 0 Å². The van der Waals surface area contributed by atoms with Gasteiger partial charge >= 0.3 is 5.97 Å². The van der Waals surface area contributed by atoms with Crippen molar-refractivity contribution in [3.63, 3.8) is 0 Å². The zero-order valence-electron chi connectivity index (χ0n) is 8.41. The Morgan fingerprint density at radius 3 is 2.36 bits per heavy atom. The van der Waals surface area contributed by atoms with Gasteiger partial charge in [-0.1, -0.05) is 13.8 Å². The molecule has 0 aliphatic carbocycles. The van der Waals surface area contributed by atoms with Gasteiger partial charge in [-0.05, 0) is 5.92 Å². The number of carbonyl (C=O) groups excluding carboxylic acids is 1. The molecule has 0 saturated carbocycles. The second-order valence-electron chi connectivity index (χ2n) is 3.32. The molecule has 2 radical (unpaired) electrons. The zero-order chi connectivity index (χ0) is 11.1. The molecule has 0 bridgehead atoms. The summed E-state index contributed by atoms with van der Waals surface area (Å²) in [4.78, 5) is 21.5. The molecule has 14 heavy (non-hydrogen) atoms. The highest BCUT2D eigenvalue weighted by Gasteiger charge is 2.18. The van der Waals surface area contributed by atoms with Gasteiger partial charge in [-0.3, -0.25) is 9.59 Å². The van der Waals surface area contributed by atoms with Crippen LogP contribution in [0.1, 0.15) is 20.3 Å². The largest absolute Gasteiger partial charge is 0.481 e. The molecule has 0 spiro atoms. The highest BCUT2D eigenvalue weighted by Crippen LogP contribution is 2.00. The summed E-state index contributed by atoms with van der Waals surface area (Å²) in [6.07, 6.45) is -0.0822. The highest BCUT2D eigenvalue weighted by molar-refractivity contribution is 6.06. The van der Waals surface area contributed by atoms with Crippen LogP contribution in [0.4, 0.5) is 0 Å². The summed E-state index contributed by atoms with van der Waals surface area (Å²) in [6.45, 7) is 3.82. The van der Waals surface area contributed by atoms with Crippen LogP contribution in [0.15, 0.2) is 0 Å². The van der Waals surface area contributed by atoms with Crippen LogP contribution in [0, 0.1) is 5.92 Å². The molecule has 0 unspecified atom stereocenters. The summed E-state index contributed by atoms with van der Waals surface area (Å²) in [5.41, 5.74) is 0. The Balaban J connectivity index is 3.87. The minimum atomic E-state index is -0.938. The molecular formula is C8H15BN2O3. The number of rotatable bonds is 6. The molecule has 0 aromatic heterocycles. The van der Waals surface area contributed by atoms with Crippen LogP contribution < -0.4 is 10.5 Å². The van der Waals surface area contributed by atoms with Crippen molar-refractivity contribution in [3.05, 3.63) is 0 Å². The highest BCUT2D eigenvalue weighted by atomic mass is 16.4. The number of carboxylic acids is 1. The third kappa shape index (κ3) is 4.86. The summed E-state index contributed by atoms with van der Waals surface area (Å²) >= 11 is 0. The van der Waals surface area contributed by atoms with Crippen LogP contribution in [0.25, 0.3) is 0 Å². The van der Waals surface area contributed by atoms with Crippen LogP contribution in [0.3, 0.4) is 0 Å². The molecule has 0 rings (SSSR count). The lowest BCUT2D eigenvalue weighted by molar-refractivity contribution is -0.137. The summed E-state index contributed by atoms with van der Waals surface area (Å²) in [5, 5.41) is 13.2. The first-order valence-electron chi connectivity index (χ1n) is 4.44. The lowest BCUT2D eigenvalue weighted by atomic mass is 10.0. The predicted molar refractivity (Wildman–Crippen MR) is 52.8 cm³/mol. The fourth-order valence-corrected chi connectivity index (χ4v) is 0.973. The molecule has 6 heteroatoms. The third-order valence-electron chi connectivity index (χ3n) is 1.77. The maximum absolute atomic E-state index is 11.4. The van der Waals surface area contributed by atoms with Gasteiger partial charge in [0.1, 0.15) is 0 Å². The topological polar surface area (TPSA) is 78.4 Å². The molecule has 0 aliphatic rings. The first-order valence-corrected chi connectivity index (χ1v) is 4.44. The number of carboxylic acid groups (broad SMARTS) is 1. The van der Waals surface area contributed by atoms with Crippen LogP contribution in [-0.4, -0.2) is 37.6 Å². The second-order valence-corrected chi connectivity index (χ2v) is 3.32. The van der Waals surface area contributed by atoms with Crippen molar-refractivity contribution in [3.8, 4) is 0 Å². The Labute approximate surface area is 84.7 Å². The molecule has 0 aromatic carbocycles. The first-order chi connectivity index (χ1) is 6.49. The molecule has 1 atom stereocenters. The quantitative estimate of drug-likeness (QED) is 0.492. The van der Waals surface area contributed by atoms with Gasteiger partial charge in [-0.25, -0.2) is 0 Å². The van der Waals surface area contributed by atoms with Crippen LogP contribution in [-0.2, 0) is 9.59 Å². The van der Waals surface area contributed by atoms with Gasteiger partial charge in [0.25, 0.3) is 0 Å². The standard InChI is InChI=1S/C8H15BN2O3/c1-5(2)7(11-9)8(14)10-4-3-6(12)13/h5,7,11H,3-4H2,1-2H3,(H,10,14)(H,12,13)/t7-/m0/s1. The fraction of sp³-hybridized carbons (Fsp3) is 0.750. The summed E-state index contributed by atoms with van der Waals surface area (Å²) in [5.74, 6) is -1.15. The average molecular weight is 198 g/mol. The lowest BCUT2D eigenvalue weighted by Crippen LogP contribution is -2.46. The normalized spacial score (nSPS) is 12.5. The van der Waals surface area contributed by atoms with E-state index in [0.717, 1.165) is 0 Å². The number of carbonyl (C=O) groups is 2. The van der Waals surface area contributed by atoms with E-state index in [-0.39, 0.29) is 24.8 Å². The van der Waals surface area contributed by atoms with E-state index in [2.05, 4.69) is 10.5 Å². The first kappa shape index (κ1) is 13.0. The maximum Gasteiger partial charge on any atom is 0.305 e. The number of hydrogen-bond donors (Lipinski definition) is 3. The van der Waals surface area contributed by atoms with E-state index < -0.39 is 12.0 Å². The second kappa shape index (κ2) is 6.42. The van der Waals surface area contributed by atoms with Crippen molar-refractivity contribution >= 4 is 19.9 Å². The Bertz CT molecular complexity index is 209. The average Bonchev–Trinajstić information content (AvgIpc) is 2.03. The number of hydrogen-bond acceptors (Lipinski definition) is 3. The van der Waals surface area contributed by atoms with E-state index in [9.17, 15) is 9.59 Å². The van der Waals surface area contributed by atoms with E-state index in [4.69, 9.17) is 13.1 Å². The van der Waals surface area contributed by atoms with Gasteiger partial charge in [-0.15, -0.1) is 0 Å². The summed E-state index contributed by atoms with van der Waals surface area (Å²) < 4.78 is 0. The lowest BCUT2D eigenvalue weighted by Gasteiger charge is -2.19. The molecule has 0 fully saturated rings. The van der Waals surface area contributed by atoms with Gasteiger partial charge in [0, 0.05) is 6.54 Å². The van der Waals surface area contributed by atoms with Gasteiger partial charge < -0.3 is 15.7 Å². The van der Waals surface area contributed by atoms with Gasteiger partial charge in [0.2, 0.25) is 5.91 Å². The minimum absolute atomic E-state index is 0.0600. The molecule has 1 amide bonds. The summed E-state index contributed by atoms with van der Waals surface area (Å²) in [7, 11) is 5.18. The Morgan fingerprint density at radius 1 is 1.43 bits per heavy atom. The predicted octanol–water partition coefficient (Wildman–Crippen LogP) is -0.725. The van der Waals surface area contributed by atoms with E-state index in [1.807, 2.05) is 13.8 Å². The summed E-state index contributed by atoms with van der Waals surface area (Å²) in [6, 6.07) is -0.483. The Kier molecular flexibility index (Phi) is 5.95. The zero-order valence-corrected chi connectivity index (χ0v) is 8.41. The van der Waals surface area contributed by atoms with Crippen molar-refractivity contribution in [1.82, 2.24) is 10.5 Å². The molecule has 0 aliphatic heterocycles. The molecule has 0 aromatic rings. The van der Waals surface area contributed by atoms with Gasteiger partial charge in [-0.2, -0.15) is 0 Å².